The smallest absolute Gasteiger partial charge is 0.229 e. The maximum Gasteiger partial charge on any atom is 0.229 e. The second-order valence-electron chi connectivity index (χ2n) is 5.02. The van der Waals surface area contributed by atoms with Crippen molar-refractivity contribution < 1.29 is 12.8 Å². The van der Waals surface area contributed by atoms with E-state index in [2.05, 4.69) is 17.0 Å². The number of rotatable bonds is 6. The molecule has 0 saturated heterocycles. The lowest BCUT2D eigenvalue weighted by Gasteiger charge is -2.17. The van der Waals surface area contributed by atoms with Crippen molar-refractivity contribution in [2.24, 2.45) is 0 Å². The Bertz CT molecular complexity index is 694. The van der Waals surface area contributed by atoms with E-state index >= 15 is 0 Å². The molecule has 2 rings (SSSR count). The molecule has 0 radical (unpaired) electrons. The third kappa shape index (κ3) is 4.26. The van der Waals surface area contributed by atoms with Crippen molar-refractivity contribution >= 4 is 21.4 Å². The number of sulfonamides is 1. The van der Waals surface area contributed by atoms with Crippen LogP contribution in [-0.2, 0) is 10.0 Å². The zero-order valence-corrected chi connectivity index (χ0v) is 13.2. The average Bonchev–Trinajstić information content (AvgIpc) is 2.91. The maximum absolute atomic E-state index is 11.3. The van der Waals surface area contributed by atoms with Crippen molar-refractivity contribution in [2.75, 3.05) is 16.3 Å². The lowest BCUT2D eigenvalue weighted by molar-refractivity contribution is 0.474. The van der Waals surface area contributed by atoms with E-state index in [4.69, 9.17) is 4.42 Å². The molecular formula is C15H20N2O3S. The van der Waals surface area contributed by atoms with Crippen molar-refractivity contribution in [3.63, 3.8) is 0 Å². The van der Waals surface area contributed by atoms with Crippen molar-refractivity contribution in [1.82, 2.24) is 0 Å². The Balaban J connectivity index is 2.16. The van der Waals surface area contributed by atoms with Gasteiger partial charge in [-0.2, -0.15) is 0 Å². The topological polar surface area (TPSA) is 71.3 Å². The van der Waals surface area contributed by atoms with Crippen LogP contribution in [0.25, 0.3) is 0 Å². The van der Waals surface area contributed by atoms with E-state index in [1.807, 2.05) is 31.2 Å². The molecule has 6 heteroatoms. The highest BCUT2D eigenvalue weighted by molar-refractivity contribution is 7.92. The summed E-state index contributed by atoms with van der Waals surface area (Å²) in [6.07, 6.45) is 3.68. The third-order valence-corrected chi connectivity index (χ3v) is 3.75. The van der Waals surface area contributed by atoms with Crippen LogP contribution in [0.3, 0.4) is 0 Å². The van der Waals surface area contributed by atoms with Crippen LogP contribution in [0.1, 0.15) is 30.7 Å². The fraction of sp³-hybridized carbons (Fsp3) is 0.333. The van der Waals surface area contributed by atoms with Crippen molar-refractivity contribution in [1.29, 1.82) is 0 Å². The second-order valence-corrected chi connectivity index (χ2v) is 6.77. The maximum atomic E-state index is 11.3. The lowest BCUT2D eigenvalue weighted by Crippen LogP contribution is -2.12. The van der Waals surface area contributed by atoms with Gasteiger partial charge in [-0.25, -0.2) is 8.42 Å². The van der Waals surface area contributed by atoms with Gasteiger partial charge >= 0.3 is 0 Å². The standard InChI is InChI=1S/C15H20N2O3S/c1-4-13(15-6-5-9-20-15)16-12-7-8-14(11(2)10-12)17-21(3,18)19/h5-10,13,16-17H,4H2,1-3H3. The molecule has 114 valence electrons. The normalized spacial score (nSPS) is 12.9. The van der Waals surface area contributed by atoms with Gasteiger partial charge in [-0.1, -0.05) is 6.92 Å². The molecule has 5 nitrogen and oxygen atoms in total. The average molecular weight is 308 g/mol. The summed E-state index contributed by atoms with van der Waals surface area (Å²) >= 11 is 0. The van der Waals surface area contributed by atoms with Crippen molar-refractivity contribution in [3.8, 4) is 0 Å². The highest BCUT2D eigenvalue weighted by Gasteiger charge is 2.12. The van der Waals surface area contributed by atoms with Crippen molar-refractivity contribution in [3.05, 3.63) is 47.9 Å². The van der Waals surface area contributed by atoms with Gasteiger partial charge in [-0.05, 0) is 49.2 Å². The number of hydrogen-bond donors (Lipinski definition) is 2. The first-order chi connectivity index (χ1) is 9.89. The molecule has 1 heterocycles. The largest absolute Gasteiger partial charge is 0.467 e. The summed E-state index contributed by atoms with van der Waals surface area (Å²) in [5.41, 5.74) is 2.38. The number of nitrogens with one attached hydrogen (secondary N) is 2. The van der Waals surface area contributed by atoms with Gasteiger partial charge in [0, 0.05) is 5.69 Å². The lowest BCUT2D eigenvalue weighted by atomic mass is 10.1. The Hall–Kier alpha value is -1.95. The van der Waals surface area contributed by atoms with Gasteiger partial charge in [0.15, 0.2) is 0 Å². The number of benzene rings is 1. The fourth-order valence-corrected chi connectivity index (χ4v) is 2.76. The number of aryl methyl sites for hydroxylation is 1. The molecule has 0 fully saturated rings. The zero-order valence-electron chi connectivity index (χ0n) is 12.4. The van der Waals surface area contributed by atoms with Crippen LogP contribution in [0.2, 0.25) is 0 Å². The second kappa shape index (κ2) is 6.22. The van der Waals surface area contributed by atoms with Crippen LogP contribution in [0.15, 0.2) is 41.0 Å². The molecule has 1 atom stereocenters. The minimum Gasteiger partial charge on any atom is -0.467 e. The van der Waals surface area contributed by atoms with Gasteiger partial charge in [-0.3, -0.25) is 4.72 Å². The molecule has 0 aliphatic heterocycles. The molecule has 0 aliphatic rings. The summed E-state index contributed by atoms with van der Waals surface area (Å²) in [6, 6.07) is 9.42. The fourth-order valence-electron chi connectivity index (χ4n) is 2.13. The molecule has 0 saturated carbocycles. The van der Waals surface area contributed by atoms with Gasteiger partial charge in [-0.15, -0.1) is 0 Å². The first-order valence-corrected chi connectivity index (χ1v) is 8.66. The Morgan fingerprint density at radius 3 is 2.57 bits per heavy atom. The van der Waals surface area contributed by atoms with Gasteiger partial charge < -0.3 is 9.73 Å². The Kier molecular flexibility index (Phi) is 4.57. The van der Waals surface area contributed by atoms with E-state index in [-0.39, 0.29) is 6.04 Å². The van der Waals surface area contributed by atoms with E-state index < -0.39 is 10.0 Å². The minimum absolute atomic E-state index is 0.0908. The predicted octanol–water partition coefficient (Wildman–Crippen LogP) is 3.52. The Morgan fingerprint density at radius 2 is 2.05 bits per heavy atom. The third-order valence-electron chi connectivity index (χ3n) is 3.16. The summed E-state index contributed by atoms with van der Waals surface area (Å²) in [4.78, 5) is 0. The molecule has 1 aromatic heterocycles. The van der Waals surface area contributed by atoms with Crippen LogP contribution in [0, 0.1) is 6.92 Å². The molecular weight excluding hydrogens is 288 g/mol. The molecule has 2 aromatic rings. The van der Waals surface area contributed by atoms with E-state index in [0.29, 0.717) is 5.69 Å². The SMILES string of the molecule is CCC(Nc1ccc(NS(C)(=O)=O)c(C)c1)c1ccco1. The molecule has 0 aliphatic carbocycles. The van der Waals surface area contributed by atoms with Crippen LogP contribution < -0.4 is 10.0 Å². The molecule has 2 N–H and O–H groups in total. The van der Waals surface area contributed by atoms with Crippen LogP contribution in [0.4, 0.5) is 11.4 Å². The summed E-state index contributed by atoms with van der Waals surface area (Å²) in [6.45, 7) is 3.94. The van der Waals surface area contributed by atoms with Gasteiger partial charge in [0.25, 0.3) is 0 Å². The molecule has 1 unspecified atom stereocenters. The summed E-state index contributed by atoms with van der Waals surface area (Å²) in [5, 5.41) is 3.39. The Labute approximate surface area is 125 Å². The van der Waals surface area contributed by atoms with Crippen molar-refractivity contribution in [2.45, 2.75) is 26.3 Å². The van der Waals surface area contributed by atoms with Crippen LogP contribution >= 0.6 is 0 Å². The predicted molar refractivity (Wildman–Crippen MR) is 85.0 cm³/mol. The first kappa shape index (κ1) is 15.4. The minimum atomic E-state index is -3.26. The summed E-state index contributed by atoms with van der Waals surface area (Å²) in [5.74, 6) is 0.883. The quantitative estimate of drug-likeness (QED) is 0.856. The monoisotopic (exact) mass is 308 g/mol. The number of anilines is 2. The zero-order chi connectivity index (χ0) is 15.5. The summed E-state index contributed by atoms with van der Waals surface area (Å²) < 4.78 is 30.5. The summed E-state index contributed by atoms with van der Waals surface area (Å²) in [7, 11) is -3.26. The highest BCUT2D eigenvalue weighted by atomic mass is 32.2. The first-order valence-electron chi connectivity index (χ1n) is 6.77. The van der Waals surface area contributed by atoms with Gasteiger partial charge in [0.2, 0.25) is 10.0 Å². The number of furan rings is 1. The molecule has 0 amide bonds. The van der Waals surface area contributed by atoms with E-state index in [1.54, 1.807) is 12.3 Å². The molecule has 0 spiro atoms. The number of hydrogen-bond acceptors (Lipinski definition) is 4. The van der Waals surface area contributed by atoms with Crippen LogP contribution in [-0.4, -0.2) is 14.7 Å². The molecule has 1 aromatic carbocycles. The van der Waals surface area contributed by atoms with Gasteiger partial charge in [0.1, 0.15) is 5.76 Å². The molecule has 0 bridgehead atoms. The van der Waals surface area contributed by atoms with E-state index in [9.17, 15) is 8.42 Å². The van der Waals surface area contributed by atoms with Crippen LogP contribution in [0.5, 0.6) is 0 Å². The van der Waals surface area contributed by atoms with E-state index in [1.165, 1.54) is 0 Å². The van der Waals surface area contributed by atoms with Gasteiger partial charge in [0.05, 0.1) is 24.2 Å². The molecule has 21 heavy (non-hydrogen) atoms. The van der Waals surface area contributed by atoms with E-state index in [0.717, 1.165) is 29.7 Å². The Morgan fingerprint density at radius 1 is 1.29 bits per heavy atom. The highest BCUT2D eigenvalue weighted by Crippen LogP contribution is 2.26.